The molecule has 4 rings (SSSR count). The van der Waals surface area contributed by atoms with Crippen molar-refractivity contribution in [1.29, 1.82) is 0 Å². The zero-order chi connectivity index (χ0) is 16.8. The van der Waals surface area contributed by atoms with Gasteiger partial charge in [-0.25, -0.2) is 13.8 Å². The van der Waals surface area contributed by atoms with E-state index < -0.39 is 11.6 Å². The summed E-state index contributed by atoms with van der Waals surface area (Å²) < 4.78 is 34.5. The standard InChI is InChI=1S/C18H11ClF2N2O/c1-10-6-11(23-4-2-3-5-23)7-16-17(10)24-18(22-16)12-8-14(20)15(21)9-13(12)19/h2-9H,1H3. The van der Waals surface area contributed by atoms with Crippen molar-refractivity contribution in [1.82, 2.24) is 9.55 Å². The summed E-state index contributed by atoms with van der Waals surface area (Å²) in [5.74, 6) is -1.85. The number of hydrogen-bond donors (Lipinski definition) is 0. The van der Waals surface area contributed by atoms with Gasteiger partial charge in [-0.3, -0.25) is 0 Å². The fraction of sp³-hybridized carbons (Fsp3) is 0.0556. The molecule has 0 fully saturated rings. The van der Waals surface area contributed by atoms with Crippen LogP contribution in [0.3, 0.4) is 0 Å². The van der Waals surface area contributed by atoms with E-state index in [1.54, 1.807) is 0 Å². The number of halogens is 3. The minimum Gasteiger partial charge on any atom is -0.436 e. The van der Waals surface area contributed by atoms with Gasteiger partial charge >= 0.3 is 0 Å². The molecule has 0 saturated heterocycles. The summed E-state index contributed by atoms with van der Waals surface area (Å²) in [7, 11) is 0. The number of benzene rings is 2. The molecule has 3 nitrogen and oxygen atoms in total. The van der Waals surface area contributed by atoms with Crippen molar-refractivity contribution in [2.45, 2.75) is 6.92 Å². The molecule has 0 unspecified atom stereocenters. The average Bonchev–Trinajstić information content (AvgIpc) is 3.20. The minimum absolute atomic E-state index is 0.0451. The molecule has 0 N–H and O–H groups in total. The third-order valence-corrected chi connectivity index (χ3v) is 4.12. The zero-order valence-corrected chi connectivity index (χ0v) is 13.3. The maximum absolute atomic E-state index is 13.5. The van der Waals surface area contributed by atoms with E-state index in [-0.39, 0.29) is 16.5 Å². The Morgan fingerprint density at radius 3 is 2.50 bits per heavy atom. The Morgan fingerprint density at radius 1 is 1.04 bits per heavy atom. The van der Waals surface area contributed by atoms with Crippen LogP contribution in [0.5, 0.6) is 0 Å². The summed E-state index contributed by atoms with van der Waals surface area (Å²) in [6, 6.07) is 9.58. The molecule has 0 radical (unpaired) electrons. The first-order chi connectivity index (χ1) is 11.5. The lowest BCUT2D eigenvalue weighted by Crippen LogP contribution is -1.90. The van der Waals surface area contributed by atoms with Crippen molar-refractivity contribution >= 4 is 22.7 Å². The molecule has 120 valence electrons. The Balaban J connectivity index is 1.90. The van der Waals surface area contributed by atoms with Crippen molar-refractivity contribution in [2.75, 3.05) is 0 Å². The van der Waals surface area contributed by atoms with E-state index in [0.717, 1.165) is 23.4 Å². The lowest BCUT2D eigenvalue weighted by Gasteiger charge is -2.03. The topological polar surface area (TPSA) is 31.0 Å². The van der Waals surface area contributed by atoms with Crippen LogP contribution in [-0.4, -0.2) is 9.55 Å². The number of fused-ring (bicyclic) bond motifs is 1. The summed E-state index contributed by atoms with van der Waals surface area (Å²) in [6.07, 6.45) is 3.85. The molecule has 0 aliphatic rings. The molecule has 4 aromatic rings. The maximum Gasteiger partial charge on any atom is 0.228 e. The first kappa shape index (κ1) is 14.9. The Hall–Kier alpha value is -2.66. The van der Waals surface area contributed by atoms with Crippen LogP contribution in [-0.2, 0) is 0 Å². The van der Waals surface area contributed by atoms with E-state index in [9.17, 15) is 8.78 Å². The summed E-state index contributed by atoms with van der Waals surface area (Å²) in [4.78, 5) is 4.39. The van der Waals surface area contributed by atoms with E-state index in [0.29, 0.717) is 11.1 Å². The van der Waals surface area contributed by atoms with Crippen molar-refractivity contribution in [3.8, 4) is 17.1 Å². The Bertz CT molecular complexity index is 1050. The molecule has 6 heteroatoms. The van der Waals surface area contributed by atoms with Crippen LogP contribution >= 0.6 is 11.6 Å². The van der Waals surface area contributed by atoms with E-state index in [1.165, 1.54) is 0 Å². The minimum atomic E-state index is -1.01. The van der Waals surface area contributed by atoms with Gasteiger partial charge in [0.05, 0.1) is 10.6 Å². The third-order valence-electron chi connectivity index (χ3n) is 3.80. The molecule has 2 aromatic heterocycles. The van der Waals surface area contributed by atoms with E-state index in [4.69, 9.17) is 16.0 Å². The molecular formula is C18H11ClF2N2O. The van der Waals surface area contributed by atoms with Gasteiger partial charge in [0.2, 0.25) is 5.89 Å². The molecule has 0 spiro atoms. The predicted octanol–water partition coefficient (Wildman–Crippen LogP) is 5.53. The van der Waals surface area contributed by atoms with Gasteiger partial charge in [0, 0.05) is 18.1 Å². The fourth-order valence-electron chi connectivity index (χ4n) is 2.64. The Morgan fingerprint density at radius 2 is 1.75 bits per heavy atom. The lowest BCUT2D eigenvalue weighted by molar-refractivity contribution is 0.508. The van der Waals surface area contributed by atoms with Crippen LogP contribution in [0.2, 0.25) is 5.02 Å². The summed E-state index contributed by atoms with van der Waals surface area (Å²) >= 11 is 6.01. The molecule has 0 bridgehead atoms. The maximum atomic E-state index is 13.5. The van der Waals surface area contributed by atoms with Gasteiger partial charge in [0.15, 0.2) is 17.2 Å². The molecular weight excluding hydrogens is 334 g/mol. The highest BCUT2D eigenvalue weighted by Crippen LogP contribution is 2.33. The quantitative estimate of drug-likeness (QED) is 0.448. The van der Waals surface area contributed by atoms with Crippen LogP contribution in [0.25, 0.3) is 28.2 Å². The molecule has 24 heavy (non-hydrogen) atoms. The molecule has 0 amide bonds. The molecule has 0 aliphatic carbocycles. The van der Waals surface area contributed by atoms with Gasteiger partial charge < -0.3 is 8.98 Å². The van der Waals surface area contributed by atoms with E-state index in [2.05, 4.69) is 4.98 Å². The van der Waals surface area contributed by atoms with Crippen LogP contribution in [0.15, 0.2) is 53.2 Å². The first-order valence-corrected chi connectivity index (χ1v) is 7.60. The monoisotopic (exact) mass is 344 g/mol. The highest BCUT2D eigenvalue weighted by atomic mass is 35.5. The second-order valence-corrected chi connectivity index (χ2v) is 5.87. The number of hydrogen-bond acceptors (Lipinski definition) is 2. The number of rotatable bonds is 2. The lowest BCUT2D eigenvalue weighted by atomic mass is 10.2. The molecule has 0 aliphatic heterocycles. The van der Waals surface area contributed by atoms with Crippen molar-refractivity contribution < 1.29 is 13.2 Å². The molecule has 2 heterocycles. The van der Waals surface area contributed by atoms with Gasteiger partial charge in [-0.15, -0.1) is 0 Å². The largest absolute Gasteiger partial charge is 0.436 e. The second-order valence-electron chi connectivity index (χ2n) is 5.47. The van der Waals surface area contributed by atoms with Crippen LogP contribution in [0.1, 0.15) is 5.56 Å². The van der Waals surface area contributed by atoms with Crippen LogP contribution < -0.4 is 0 Å². The smallest absolute Gasteiger partial charge is 0.228 e. The number of aromatic nitrogens is 2. The van der Waals surface area contributed by atoms with Gasteiger partial charge in [0.1, 0.15) is 5.52 Å². The number of oxazole rings is 1. The molecule has 2 aromatic carbocycles. The highest BCUT2D eigenvalue weighted by molar-refractivity contribution is 6.33. The number of nitrogens with zero attached hydrogens (tertiary/aromatic N) is 2. The second kappa shape index (κ2) is 5.46. The number of aryl methyl sites for hydroxylation is 1. The Kier molecular flexibility index (Phi) is 3.39. The molecule has 0 saturated carbocycles. The summed E-state index contributed by atoms with van der Waals surface area (Å²) in [6.45, 7) is 1.90. The van der Waals surface area contributed by atoms with Gasteiger partial charge in [-0.2, -0.15) is 0 Å². The van der Waals surface area contributed by atoms with Crippen molar-refractivity contribution in [3.63, 3.8) is 0 Å². The van der Waals surface area contributed by atoms with E-state index in [1.807, 2.05) is 48.1 Å². The average molecular weight is 345 g/mol. The Labute approximate surface area is 141 Å². The molecule has 0 atom stereocenters. The van der Waals surface area contributed by atoms with Crippen molar-refractivity contribution in [3.05, 3.63) is 71.0 Å². The van der Waals surface area contributed by atoms with Crippen LogP contribution in [0.4, 0.5) is 8.78 Å². The van der Waals surface area contributed by atoms with Gasteiger partial charge in [-0.05, 0) is 48.9 Å². The SMILES string of the molecule is Cc1cc(-n2cccc2)cc2nc(-c3cc(F)c(F)cc3Cl)oc12. The van der Waals surface area contributed by atoms with Gasteiger partial charge in [0.25, 0.3) is 0 Å². The normalized spacial score (nSPS) is 11.3. The van der Waals surface area contributed by atoms with Crippen molar-refractivity contribution in [2.24, 2.45) is 0 Å². The fourth-order valence-corrected chi connectivity index (χ4v) is 2.87. The summed E-state index contributed by atoms with van der Waals surface area (Å²) in [5, 5.41) is 0.0451. The zero-order valence-electron chi connectivity index (χ0n) is 12.6. The highest BCUT2D eigenvalue weighted by Gasteiger charge is 2.17. The third kappa shape index (κ3) is 2.37. The van der Waals surface area contributed by atoms with Crippen LogP contribution in [0, 0.1) is 18.6 Å². The van der Waals surface area contributed by atoms with Gasteiger partial charge in [-0.1, -0.05) is 11.6 Å². The first-order valence-electron chi connectivity index (χ1n) is 7.22. The summed E-state index contributed by atoms with van der Waals surface area (Å²) in [5.41, 5.74) is 3.24. The predicted molar refractivity (Wildman–Crippen MR) is 88.4 cm³/mol. The van der Waals surface area contributed by atoms with E-state index >= 15 is 0 Å².